The van der Waals surface area contributed by atoms with Gasteiger partial charge in [-0.25, -0.2) is 9.07 Å². The van der Waals surface area contributed by atoms with Crippen LogP contribution in [0.25, 0.3) is 5.69 Å². The predicted octanol–water partition coefficient (Wildman–Crippen LogP) is 3.70. The van der Waals surface area contributed by atoms with E-state index in [0.717, 1.165) is 35.5 Å². The van der Waals surface area contributed by atoms with Crippen molar-refractivity contribution in [2.24, 2.45) is 0 Å². The van der Waals surface area contributed by atoms with Crippen LogP contribution in [0, 0.1) is 19.7 Å². The molecule has 4 rings (SSSR count). The minimum Gasteiger partial charge on any atom is -0.349 e. The number of benzene rings is 2. The largest absolute Gasteiger partial charge is 0.349 e. The maximum absolute atomic E-state index is 13.2. The molecule has 3 aromatic rings. The number of halogens is 1. The van der Waals surface area contributed by atoms with Crippen molar-refractivity contribution < 1.29 is 14.0 Å². The number of hydrogen-bond acceptors (Lipinski definition) is 3. The summed E-state index contributed by atoms with van der Waals surface area (Å²) < 4.78 is 14.9. The van der Waals surface area contributed by atoms with Gasteiger partial charge in [-0.3, -0.25) is 9.59 Å². The highest BCUT2D eigenvalue weighted by Gasteiger charge is 2.23. The van der Waals surface area contributed by atoms with E-state index >= 15 is 0 Å². The van der Waals surface area contributed by atoms with Gasteiger partial charge in [0.15, 0.2) is 0 Å². The number of carbonyl (C=O) groups excluding carboxylic acids is 2. The molecule has 1 aliphatic carbocycles. The Morgan fingerprint density at radius 2 is 1.73 bits per heavy atom. The molecule has 1 heterocycles. The van der Waals surface area contributed by atoms with Gasteiger partial charge in [-0.2, -0.15) is 5.10 Å². The average molecular weight is 406 g/mol. The summed E-state index contributed by atoms with van der Waals surface area (Å²) in [7, 11) is 0. The van der Waals surface area contributed by atoms with Crippen LogP contribution in [-0.4, -0.2) is 27.6 Å². The summed E-state index contributed by atoms with van der Waals surface area (Å²) in [6.45, 7) is 3.74. The lowest BCUT2D eigenvalue weighted by molar-refractivity contribution is -0.115. The van der Waals surface area contributed by atoms with Crippen molar-refractivity contribution >= 4 is 17.5 Å². The molecule has 2 aromatic carbocycles. The number of carbonyl (C=O) groups is 2. The zero-order valence-electron chi connectivity index (χ0n) is 16.9. The van der Waals surface area contributed by atoms with Crippen LogP contribution in [0.4, 0.5) is 10.1 Å². The summed E-state index contributed by atoms with van der Waals surface area (Å²) in [5.74, 6) is -0.569. The quantitative estimate of drug-likeness (QED) is 0.655. The third-order valence-corrected chi connectivity index (χ3v) is 5.19. The van der Waals surface area contributed by atoms with E-state index < -0.39 is 0 Å². The molecule has 0 aliphatic heterocycles. The Hall–Kier alpha value is -3.48. The van der Waals surface area contributed by atoms with Crippen molar-refractivity contribution in [3.05, 3.63) is 76.9 Å². The van der Waals surface area contributed by atoms with Crippen LogP contribution in [0.5, 0.6) is 0 Å². The van der Waals surface area contributed by atoms with E-state index in [1.54, 1.807) is 41.1 Å². The summed E-state index contributed by atoms with van der Waals surface area (Å²) in [4.78, 5) is 24.6. The van der Waals surface area contributed by atoms with Gasteiger partial charge in [0.1, 0.15) is 5.82 Å². The van der Waals surface area contributed by atoms with E-state index in [2.05, 4.69) is 15.7 Å². The van der Waals surface area contributed by atoms with Crippen molar-refractivity contribution in [1.82, 2.24) is 15.1 Å². The van der Waals surface area contributed by atoms with Gasteiger partial charge in [-0.05, 0) is 75.2 Å². The van der Waals surface area contributed by atoms with Gasteiger partial charge in [0, 0.05) is 28.6 Å². The highest BCUT2D eigenvalue weighted by molar-refractivity contribution is 5.96. The van der Waals surface area contributed by atoms with Gasteiger partial charge in [0.05, 0.1) is 17.8 Å². The Balaban J connectivity index is 1.42. The highest BCUT2D eigenvalue weighted by Crippen LogP contribution is 2.21. The van der Waals surface area contributed by atoms with Crippen molar-refractivity contribution in [1.29, 1.82) is 0 Å². The fraction of sp³-hybridized carbons (Fsp3) is 0.261. The Bertz CT molecular complexity index is 1080. The Labute approximate surface area is 174 Å². The molecule has 1 saturated carbocycles. The Morgan fingerprint density at radius 3 is 2.37 bits per heavy atom. The SMILES string of the molecule is Cc1nn(-c2ccc(F)cc2)c(C)c1CC(=O)Nc1ccc(C(=O)NC2CC2)cc1. The monoisotopic (exact) mass is 406 g/mol. The van der Waals surface area contributed by atoms with Crippen molar-refractivity contribution in [3.63, 3.8) is 0 Å². The third-order valence-electron chi connectivity index (χ3n) is 5.19. The molecule has 7 heteroatoms. The number of aromatic nitrogens is 2. The zero-order chi connectivity index (χ0) is 21.3. The molecule has 1 fully saturated rings. The van der Waals surface area contributed by atoms with Crippen LogP contribution < -0.4 is 10.6 Å². The Morgan fingerprint density at radius 1 is 1.07 bits per heavy atom. The molecule has 0 saturated heterocycles. The van der Waals surface area contributed by atoms with E-state index in [4.69, 9.17) is 0 Å². The van der Waals surface area contributed by atoms with E-state index in [1.165, 1.54) is 12.1 Å². The summed E-state index contributed by atoms with van der Waals surface area (Å²) in [5.41, 5.74) is 4.36. The summed E-state index contributed by atoms with van der Waals surface area (Å²) in [5, 5.41) is 10.3. The number of anilines is 1. The molecular weight excluding hydrogens is 383 g/mol. The molecule has 0 spiro atoms. The van der Waals surface area contributed by atoms with E-state index in [9.17, 15) is 14.0 Å². The van der Waals surface area contributed by atoms with Crippen LogP contribution in [-0.2, 0) is 11.2 Å². The van der Waals surface area contributed by atoms with E-state index in [1.807, 2.05) is 13.8 Å². The summed E-state index contributed by atoms with van der Waals surface area (Å²) in [6.07, 6.45) is 2.25. The number of nitrogens with zero attached hydrogens (tertiary/aromatic N) is 2. The lowest BCUT2D eigenvalue weighted by atomic mass is 10.1. The first-order chi connectivity index (χ1) is 14.4. The zero-order valence-corrected chi connectivity index (χ0v) is 16.9. The molecule has 2 N–H and O–H groups in total. The molecule has 30 heavy (non-hydrogen) atoms. The van der Waals surface area contributed by atoms with Gasteiger partial charge in [0.2, 0.25) is 5.91 Å². The van der Waals surface area contributed by atoms with Crippen LogP contribution in [0.1, 0.15) is 40.2 Å². The number of rotatable bonds is 6. The lowest BCUT2D eigenvalue weighted by Crippen LogP contribution is -2.25. The number of aryl methyl sites for hydroxylation is 1. The molecule has 6 nitrogen and oxygen atoms in total. The fourth-order valence-electron chi connectivity index (χ4n) is 3.33. The fourth-order valence-corrected chi connectivity index (χ4v) is 3.33. The first-order valence-corrected chi connectivity index (χ1v) is 9.92. The van der Waals surface area contributed by atoms with E-state index in [-0.39, 0.29) is 24.1 Å². The van der Waals surface area contributed by atoms with E-state index in [0.29, 0.717) is 17.3 Å². The van der Waals surface area contributed by atoms with Crippen LogP contribution in [0.3, 0.4) is 0 Å². The molecular formula is C23H23FN4O2. The standard InChI is InChI=1S/C23H23FN4O2/c1-14-21(15(2)28(27-14)20-11-5-17(24)6-12-20)13-22(29)25-18-7-3-16(4-8-18)23(30)26-19-9-10-19/h3-8,11-12,19H,9-10,13H2,1-2H3,(H,25,29)(H,26,30). The second kappa shape index (κ2) is 8.10. The molecule has 1 aliphatic rings. The maximum Gasteiger partial charge on any atom is 0.251 e. The third kappa shape index (κ3) is 4.40. The Kier molecular flexibility index (Phi) is 5.35. The molecule has 0 unspecified atom stereocenters. The van der Waals surface area contributed by atoms with Crippen molar-refractivity contribution in [3.8, 4) is 5.69 Å². The molecule has 0 bridgehead atoms. The number of nitrogens with one attached hydrogen (secondary N) is 2. The van der Waals surface area contributed by atoms with Gasteiger partial charge < -0.3 is 10.6 Å². The first-order valence-electron chi connectivity index (χ1n) is 9.92. The molecule has 154 valence electrons. The molecule has 0 radical (unpaired) electrons. The molecule has 2 amide bonds. The maximum atomic E-state index is 13.2. The van der Waals surface area contributed by atoms with Crippen LogP contribution in [0.15, 0.2) is 48.5 Å². The van der Waals surface area contributed by atoms with Gasteiger partial charge in [-0.1, -0.05) is 0 Å². The van der Waals surface area contributed by atoms with Crippen molar-refractivity contribution in [2.75, 3.05) is 5.32 Å². The second-order valence-corrected chi connectivity index (χ2v) is 7.59. The smallest absolute Gasteiger partial charge is 0.251 e. The van der Waals surface area contributed by atoms with Gasteiger partial charge in [0.25, 0.3) is 5.91 Å². The minimum absolute atomic E-state index is 0.0881. The topological polar surface area (TPSA) is 76.0 Å². The van der Waals surface area contributed by atoms with Gasteiger partial charge >= 0.3 is 0 Å². The molecule has 1 aromatic heterocycles. The van der Waals surface area contributed by atoms with Gasteiger partial charge in [-0.15, -0.1) is 0 Å². The predicted molar refractivity (Wildman–Crippen MR) is 112 cm³/mol. The number of hydrogen-bond donors (Lipinski definition) is 2. The highest BCUT2D eigenvalue weighted by atomic mass is 19.1. The minimum atomic E-state index is -0.309. The second-order valence-electron chi connectivity index (χ2n) is 7.59. The lowest BCUT2D eigenvalue weighted by Gasteiger charge is -2.08. The summed E-state index contributed by atoms with van der Waals surface area (Å²) in [6, 6.07) is 13.2. The average Bonchev–Trinajstić information content (AvgIpc) is 3.50. The van der Waals surface area contributed by atoms with Crippen molar-refractivity contribution in [2.45, 2.75) is 39.2 Å². The normalized spacial score (nSPS) is 13.2. The van der Waals surface area contributed by atoms with Crippen LogP contribution >= 0.6 is 0 Å². The summed E-state index contributed by atoms with van der Waals surface area (Å²) >= 11 is 0. The number of amides is 2. The van der Waals surface area contributed by atoms with Crippen LogP contribution in [0.2, 0.25) is 0 Å². The first kappa shape index (κ1) is 19.8. The molecule has 0 atom stereocenters.